The number of anilines is 1. The molecule has 0 saturated carbocycles. The van der Waals surface area contributed by atoms with E-state index in [2.05, 4.69) is 37.3 Å². The fourth-order valence-electron chi connectivity index (χ4n) is 3.17. The van der Waals surface area contributed by atoms with Gasteiger partial charge in [-0.05, 0) is 37.3 Å². The van der Waals surface area contributed by atoms with Crippen LogP contribution in [-0.2, 0) is 36.2 Å². The van der Waals surface area contributed by atoms with Crippen molar-refractivity contribution in [2.24, 2.45) is 0 Å². The van der Waals surface area contributed by atoms with Gasteiger partial charge in [0.05, 0.1) is 17.3 Å². The number of hydrogen-bond acceptors (Lipinski definition) is 4. The number of nitrogens with one attached hydrogen (secondary N) is 1. The maximum atomic E-state index is 12.3. The number of fused-ring (bicyclic) bond motifs is 1. The Morgan fingerprint density at radius 3 is 2.75 bits per heavy atom. The topological polar surface area (TPSA) is 67.2 Å². The van der Waals surface area contributed by atoms with E-state index in [1.165, 1.54) is 23.3 Å². The molecule has 0 radical (unpaired) electrons. The number of aromatic nitrogens is 2. The van der Waals surface area contributed by atoms with Crippen LogP contribution < -0.4 is 5.32 Å². The molecule has 1 aliphatic rings. The Hall–Kier alpha value is -1.66. The number of nitrogens with zero attached hydrogens (tertiary/aromatic N) is 2. The van der Waals surface area contributed by atoms with Crippen molar-refractivity contribution in [2.75, 3.05) is 5.32 Å². The Labute approximate surface area is 146 Å². The molecule has 2 heterocycles. The van der Waals surface area contributed by atoms with E-state index in [0.717, 1.165) is 29.1 Å². The lowest BCUT2D eigenvalue weighted by atomic mass is 9.90. The first-order valence-electron chi connectivity index (χ1n) is 8.46. The molecule has 0 aromatic carbocycles. The van der Waals surface area contributed by atoms with Crippen LogP contribution in [-0.4, -0.2) is 20.8 Å². The second-order valence-corrected chi connectivity index (χ2v) is 8.56. The molecule has 24 heavy (non-hydrogen) atoms. The first-order chi connectivity index (χ1) is 11.4. The molecule has 0 aliphatic heterocycles. The highest BCUT2D eigenvalue weighted by Gasteiger charge is 2.22. The van der Waals surface area contributed by atoms with Crippen LogP contribution in [0.1, 0.15) is 55.3 Å². The minimum atomic E-state index is -0.160. The number of carbonyl (C=O) groups excluding carboxylic acids is 1. The fourth-order valence-corrected chi connectivity index (χ4v) is 4.34. The largest absolute Gasteiger partial charge is 0.392 e. The fraction of sp³-hybridized carbons (Fsp3) is 0.556. The molecular weight excluding hydrogens is 322 g/mol. The smallest absolute Gasteiger partial charge is 0.246 e. The van der Waals surface area contributed by atoms with Crippen LogP contribution in [0.2, 0.25) is 0 Å². The van der Waals surface area contributed by atoms with Crippen molar-refractivity contribution in [3.63, 3.8) is 0 Å². The second kappa shape index (κ2) is 6.69. The summed E-state index contributed by atoms with van der Waals surface area (Å²) in [5, 5.41) is 17.9. The van der Waals surface area contributed by atoms with Crippen LogP contribution >= 0.6 is 11.3 Å². The van der Waals surface area contributed by atoms with Gasteiger partial charge in [-0.15, -0.1) is 11.3 Å². The van der Waals surface area contributed by atoms with Crippen molar-refractivity contribution in [1.82, 2.24) is 9.78 Å². The van der Waals surface area contributed by atoms with E-state index in [0.29, 0.717) is 0 Å². The Bertz CT molecular complexity index is 717. The molecule has 1 aliphatic carbocycles. The number of aliphatic hydroxyl groups excluding tert-OH is 1. The van der Waals surface area contributed by atoms with Crippen molar-refractivity contribution in [3.05, 3.63) is 34.0 Å². The Balaban J connectivity index is 1.69. The molecule has 130 valence electrons. The van der Waals surface area contributed by atoms with Gasteiger partial charge < -0.3 is 10.4 Å². The van der Waals surface area contributed by atoms with E-state index >= 15 is 0 Å². The third-order valence-electron chi connectivity index (χ3n) is 4.28. The first-order valence-corrected chi connectivity index (χ1v) is 9.27. The van der Waals surface area contributed by atoms with Gasteiger partial charge in [0, 0.05) is 22.1 Å². The van der Waals surface area contributed by atoms with E-state index in [1.807, 2.05) is 0 Å². The van der Waals surface area contributed by atoms with E-state index in [4.69, 9.17) is 0 Å². The first kappa shape index (κ1) is 17.2. The van der Waals surface area contributed by atoms with E-state index < -0.39 is 0 Å². The molecule has 2 N–H and O–H groups in total. The maximum absolute atomic E-state index is 12.3. The molecule has 2 aromatic rings. The van der Waals surface area contributed by atoms with Gasteiger partial charge in [-0.25, -0.2) is 0 Å². The number of thiophene rings is 1. The van der Waals surface area contributed by atoms with Crippen molar-refractivity contribution < 1.29 is 9.90 Å². The quantitative estimate of drug-likeness (QED) is 0.892. The van der Waals surface area contributed by atoms with Crippen molar-refractivity contribution in [3.8, 4) is 0 Å². The van der Waals surface area contributed by atoms with Crippen LogP contribution in [0.15, 0.2) is 12.3 Å². The predicted octanol–water partition coefficient (Wildman–Crippen LogP) is 3.25. The maximum Gasteiger partial charge on any atom is 0.246 e. The number of amides is 1. The van der Waals surface area contributed by atoms with Crippen LogP contribution in [0.3, 0.4) is 0 Å². The average Bonchev–Trinajstić information content (AvgIpc) is 3.09. The molecule has 0 bridgehead atoms. The minimum absolute atomic E-state index is 0.0636. The van der Waals surface area contributed by atoms with Gasteiger partial charge in [-0.3, -0.25) is 9.48 Å². The summed E-state index contributed by atoms with van der Waals surface area (Å²) in [4.78, 5) is 13.7. The summed E-state index contributed by atoms with van der Waals surface area (Å²) in [6.07, 6.45) is 6.50. The van der Waals surface area contributed by atoms with Crippen LogP contribution in [0.5, 0.6) is 0 Å². The van der Waals surface area contributed by atoms with Gasteiger partial charge >= 0.3 is 0 Å². The van der Waals surface area contributed by atoms with Crippen LogP contribution in [0.4, 0.5) is 5.00 Å². The monoisotopic (exact) mass is 347 g/mol. The zero-order valence-corrected chi connectivity index (χ0v) is 15.4. The van der Waals surface area contributed by atoms with Crippen molar-refractivity contribution in [1.29, 1.82) is 0 Å². The molecule has 1 amide bonds. The number of aryl methyl sites for hydroxylation is 2. The van der Waals surface area contributed by atoms with Gasteiger partial charge in [0.15, 0.2) is 0 Å². The summed E-state index contributed by atoms with van der Waals surface area (Å²) >= 11 is 1.69. The molecule has 0 atom stereocenters. The lowest BCUT2D eigenvalue weighted by Gasteiger charge is -2.16. The van der Waals surface area contributed by atoms with Crippen molar-refractivity contribution >= 4 is 22.2 Å². The summed E-state index contributed by atoms with van der Waals surface area (Å²) in [7, 11) is 0. The third-order valence-corrected chi connectivity index (χ3v) is 5.44. The molecule has 0 unspecified atom stereocenters. The van der Waals surface area contributed by atoms with Gasteiger partial charge in [0.1, 0.15) is 6.54 Å². The lowest BCUT2D eigenvalue weighted by molar-refractivity contribution is -0.116. The van der Waals surface area contributed by atoms with E-state index in [9.17, 15) is 9.90 Å². The molecule has 2 aromatic heterocycles. The zero-order chi connectivity index (χ0) is 17.3. The Morgan fingerprint density at radius 1 is 1.38 bits per heavy atom. The molecular formula is C18H25N3O2S. The summed E-state index contributed by atoms with van der Waals surface area (Å²) in [6.45, 7) is 6.25. The number of carbonyl (C=O) groups is 1. The molecule has 0 spiro atoms. The standard InChI is InChI=1S/C18H25N3O2S/c1-18(2,3)17-13(11-22)9-21(20-17)10-15(23)19-16-8-12-6-4-5-7-14(12)24-16/h8-9,22H,4-7,10-11H2,1-3H3,(H,19,23). The SMILES string of the molecule is CC(C)(C)c1nn(CC(=O)Nc2cc3c(s2)CCCC3)cc1CO. The highest BCUT2D eigenvalue weighted by Crippen LogP contribution is 2.32. The second-order valence-electron chi connectivity index (χ2n) is 7.42. The predicted molar refractivity (Wildman–Crippen MR) is 96.4 cm³/mol. The van der Waals surface area contributed by atoms with Gasteiger partial charge in [0.2, 0.25) is 5.91 Å². The number of rotatable bonds is 4. The van der Waals surface area contributed by atoms with Gasteiger partial charge in [-0.2, -0.15) is 5.10 Å². The summed E-state index contributed by atoms with van der Waals surface area (Å²) in [6, 6.07) is 2.11. The average molecular weight is 347 g/mol. The molecule has 0 saturated heterocycles. The van der Waals surface area contributed by atoms with Gasteiger partial charge in [-0.1, -0.05) is 20.8 Å². The number of aliphatic hydroxyl groups is 1. The van der Waals surface area contributed by atoms with Gasteiger partial charge in [0.25, 0.3) is 0 Å². The highest BCUT2D eigenvalue weighted by molar-refractivity contribution is 7.16. The summed E-state index contributed by atoms with van der Waals surface area (Å²) in [5.41, 5.74) is 2.84. The van der Waals surface area contributed by atoms with E-state index in [1.54, 1.807) is 22.2 Å². The van der Waals surface area contributed by atoms with Crippen molar-refractivity contribution in [2.45, 2.75) is 65.0 Å². The molecule has 0 fully saturated rings. The normalized spacial score (nSPS) is 14.5. The molecule has 5 nitrogen and oxygen atoms in total. The molecule has 6 heteroatoms. The number of hydrogen-bond donors (Lipinski definition) is 2. The van der Waals surface area contributed by atoms with Crippen LogP contribution in [0, 0.1) is 0 Å². The highest BCUT2D eigenvalue weighted by atomic mass is 32.1. The summed E-state index contributed by atoms with van der Waals surface area (Å²) < 4.78 is 1.62. The van der Waals surface area contributed by atoms with Crippen LogP contribution in [0.25, 0.3) is 0 Å². The zero-order valence-electron chi connectivity index (χ0n) is 14.6. The summed E-state index contributed by atoms with van der Waals surface area (Å²) in [5.74, 6) is -0.0824. The molecule has 3 rings (SSSR count). The third kappa shape index (κ3) is 3.70. The lowest BCUT2D eigenvalue weighted by Crippen LogP contribution is -2.20. The Kier molecular flexibility index (Phi) is 4.78. The minimum Gasteiger partial charge on any atom is -0.392 e. The Morgan fingerprint density at radius 2 is 2.12 bits per heavy atom. The van der Waals surface area contributed by atoms with E-state index in [-0.39, 0.29) is 24.5 Å².